The van der Waals surface area contributed by atoms with E-state index in [0.717, 1.165) is 0 Å². The van der Waals surface area contributed by atoms with E-state index in [2.05, 4.69) is 10.0 Å². The average molecular weight is 193 g/mol. The summed E-state index contributed by atoms with van der Waals surface area (Å²) in [6.45, 7) is -0.105. The number of hydrogen-bond acceptors (Lipinski definition) is 3. The third-order valence-electron chi connectivity index (χ3n) is 1.85. The first kappa shape index (κ1) is 10.5. The van der Waals surface area contributed by atoms with Crippen molar-refractivity contribution in [1.82, 2.24) is 0 Å². The van der Waals surface area contributed by atoms with Gasteiger partial charge in [-0.15, -0.1) is 0 Å². The molecule has 1 aromatic carbocycles. The molecule has 0 aliphatic heterocycles. The highest BCUT2D eigenvalue weighted by Gasteiger charge is 2.09. The van der Waals surface area contributed by atoms with Gasteiger partial charge >= 0.3 is 0 Å². The Morgan fingerprint density at radius 1 is 1.43 bits per heavy atom. The van der Waals surface area contributed by atoms with Gasteiger partial charge in [0.1, 0.15) is 0 Å². The van der Waals surface area contributed by atoms with Crippen molar-refractivity contribution in [3.63, 3.8) is 0 Å². The van der Waals surface area contributed by atoms with Crippen LogP contribution in [0.1, 0.15) is 18.1 Å². The summed E-state index contributed by atoms with van der Waals surface area (Å²) in [5.74, 6) is 0. The lowest BCUT2D eigenvalue weighted by Gasteiger charge is -2.11. The van der Waals surface area contributed by atoms with E-state index in [-0.39, 0.29) is 13.0 Å². The molecule has 1 aromatic rings. The van der Waals surface area contributed by atoms with Crippen molar-refractivity contribution in [2.45, 2.75) is 12.5 Å². The molecule has 0 radical (unpaired) electrons. The summed E-state index contributed by atoms with van der Waals surface area (Å²) in [6, 6.07) is 6.76. The topological polar surface area (TPSA) is 89.2 Å². The normalized spacial score (nSPS) is 11.9. The van der Waals surface area contributed by atoms with Crippen molar-refractivity contribution in [3.8, 4) is 0 Å². The molecule has 74 valence electrons. The Balaban J connectivity index is 2.99. The third-order valence-corrected chi connectivity index (χ3v) is 1.85. The fourth-order valence-electron chi connectivity index (χ4n) is 1.19. The fraction of sp³-hybridized carbons (Fsp3) is 0.333. The molecule has 0 spiro atoms. The number of hydrogen-bond donors (Lipinski definition) is 2. The molecular formula is C9H11N3O2. The van der Waals surface area contributed by atoms with Crippen molar-refractivity contribution >= 4 is 5.69 Å². The molecule has 0 saturated carbocycles. The molecule has 1 rings (SSSR count). The molecule has 5 heteroatoms. The molecule has 1 unspecified atom stereocenters. The molecule has 0 aliphatic carbocycles. The summed E-state index contributed by atoms with van der Waals surface area (Å²) >= 11 is 0. The van der Waals surface area contributed by atoms with Crippen molar-refractivity contribution in [3.05, 3.63) is 40.3 Å². The monoisotopic (exact) mass is 193 g/mol. The first-order valence-corrected chi connectivity index (χ1v) is 4.22. The summed E-state index contributed by atoms with van der Waals surface area (Å²) in [4.78, 5) is 2.66. The summed E-state index contributed by atoms with van der Waals surface area (Å²) in [6.07, 6.45) is -0.556. The van der Waals surface area contributed by atoms with Crippen LogP contribution in [0.2, 0.25) is 0 Å². The van der Waals surface area contributed by atoms with E-state index in [1.54, 1.807) is 24.3 Å². The Morgan fingerprint density at radius 2 is 2.14 bits per heavy atom. The lowest BCUT2D eigenvalue weighted by atomic mass is 10.1. The molecule has 2 N–H and O–H groups in total. The van der Waals surface area contributed by atoms with Gasteiger partial charge in [-0.2, -0.15) is 0 Å². The molecule has 0 bridgehead atoms. The maximum atomic E-state index is 9.58. The minimum atomic E-state index is -0.790. The van der Waals surface area contributed by atoms with Gasteiger partial charge < -0.3 is 10.2 Å². The number of aliphatic hydroxyl groups is 2. The van der Waals surface area contributed by atoms with Crippen molar-refractivity contribution < 1.29 is 10.2 Å². The minimum Gasteiger partial charge on any atom is -0.396 e. The zero-order valence-electron chi connectivity index (χ0n) is 7.54. The number of rotatable bonds is 4. The van der Waals surface area contributed by atoms with Crippen LogP contribution in [-0.2, 0) is 0 Å². The molecule has 0 heterocycles. The van der Waals surface area contributed by atoms with Gasteiger partial charge in [-0.1, -0.05) is 29.4 Å². The van der Waals surface area contributed by atoms with Crippen LogP contribution in [-0.4, -0.2) is 16.8 Å². The number of benzene rings is 1. The molecule has 0 aromatic heterocycles. The van der Waals surface area contributed by atoms with Gasteiger partial charge in [0.25, 0.3) is 0 Å². The highest BCUT2D eigenvalue weighted by molar-refractivity contribution is 5.46. The SMILES string of the molecule is [N-]=[N+]=Nc1ccccc1C(O)CCO. The van der Waals surface area contributed by atoms with Crippen LogP contribution >= 0.6 is 0 Å². The van der Waals surface area contributed by atoms with Gasteiger partial charge in [0.05, 0.1) is 6.10 Å². The van der Waals surface area contributed by atoms with Crippen molar-refractivity contribution in [1.29, 1.82) is 0 Å². The van der Waals surface area contributed by atoms with E-state index in [9.17, 15) is 5.11 Å². The second-order valence-corrected chi connectivity index (χ2v) is 2.78. The van der Waals surface area contributed by atoms with Crippen molar-refractivity contribution in [2.75, 3.05) is 6.61 Å². The van der Waals surface area contributed by atoms with E-state index in [1.807, 2.05) is 0 Å². The van der Waals surface area contributed by atoms with Crippen molar-refractivity contribution in [2.24, 2.45) is 5.11 Å². The summed E-state index contributed by atoms with van der Waals surface area (Å²) < 4.78 is 0. The van der Waals surface area contributed by atoms with E-state index in [4.69, 9.17) is 10.6 Å². The molecule has 14 heavy (non-hydrogen) atoms. The van der Waals surface area contributed by atoms with Crippen LogP contribution in [0.5, 0.6) is 0 Å². The number of nitrogens with zero attached hydrogens (tertiary/aromatic N) is 3. The van der Waals surface area contributed by atoms with E-state index >= 15 is 0 Å². The second-order valence-electron chi connectivity index (χ2n) is 2.78. The maximum absolute atomic E-state index is 9.58. The zero-order valence-corrected chi connectivity index (χ0v) is 7.54. The van der Waals surface area contributed by atoms with Gasteiger partial charge in [0.2, 0.25) is 0 Å². The Hall–Kier alpha value is -1.55. The summed E-state index contributed by atoms with van der Waals surface area (Å²) in [5, 5.41) is 21.7. The highest BCUT2D eigenvalue weighted by Crippen LogP contribution is 2.27. The summed E-state index contributed by atoms with van der Waals surface area (Å²) in [7, 11) is 0. The van der Waals surface area contributed by atoms with Gasteiger partial charge in [0, 0.05) is 23.6 Å². The Labute approximate surface area is 81.2 Å². The lowest BCUT2D eigenvalue weighted by Crippen LogP contribution is -2.00. The van der Waals surface area contributed by atoms with Gasteiger partial charge in [-0.3, -0.25) is 0 Å². The third kappa shape index (κ3) is 2.47. The molecular weight excluding hydrogens is 182 g/mol. The van der Waals surface area contributed by atoms with Crippen LogP contribution in [0, 0.1) is 0 Å². The van der Waals surface area contributed by atoms with Crippen LogP contribution in [0.3, 0.4) is 0 Å². The second kappa shape index (κ2) is 5.24. The van der Waals surface area contributed by atoms with Crippen LogP contribution in [0.25, 0.3) is 10.4 Å². The van der Waals surface area contributed by atoms with Crippen LogP contribution in [0.15, 0.2) is 29.4 Å². The van der Waals surface area contributed by atoms with E-state index < -0.39 is 6.10 Å². The predicted molar refractivity (Wildman–Crippen MR) is 51.9 cm³/mol. The maximum Gasteiger partial charge on any atom is 0.0816 e. The smallest absolute Gasteiger partial charge is 0.0816 e. The molecule has 0 fully saturated rings. The van der Waals surface area contributed by atoms with E-state index in [0.29, 0.717) is 11.3 Å². The first-order chi connectivity index (χ1) is 6.79. The average Bonchev–Trinajstić information content (AvgIpc) is 2.19. The fourth-order valence-corrected chi connectivity index (χ4v) is 1.19. The number of aliphatic hydroxyl groups excluding tert-OH is 2. The Morgan fingerprint density at radius 3 is 2.79 bits per heavy atom. The Kier molecular flexibility index (Phi) is 3.94. The number of azide groups is 1. The first-order valence-electron chi connectivity index (χ1n) is 4.22. The van der Waals surface area contributed by atoms with Crippen LogP contribution < -0.4 is 0 Å². The predicted octanol–water partition coefficient (Wildman–Crippen LogP) is 2.04. The molecule has 1 atom stereocenters. The van der Waals surface area contributed by atoms with E-state index in [1.165, 1.54) is 0 Å². The summed E-state index contributed by atoms with van der Waals surface area (Å²) in [5.41, 5.74) is 9.22. The van der Waals surface area contributed by atoms with Gasteiger partial charge in [-0.25, -0.2) is 0 Å². The molecule has 0 saturated heterocycles. The van der Waals surface area contributed by atoms with Gasteiger partial charge in [0.15, 0.2) is 0 Å². The van der Waals surface area contributed by atoms with Crippen LogP contribution in [0.4, 0.5) is 5.69 Å². The quantitative estimate of drug-likeness (QED) is 0.435. The molecule has 0 aliphatic rings. The highest BCUT2D eigenvalue weighted by atomic mass is 16.3. The minimum absolute atomic E-state index is 0.105. The largest absolute Gasteiger partial charge is 0.396 e. The zero-order chi connectivity index (χ0) is 10.4. The van der Waals surface area contributed by atoms with Gasteiger partial charge in [-0.05, 0) is 11.1 Å². The molecule has 5 nitrogen and oxygen atoms in total. The lowest BCUT2D eigenvalue weighted by molar-refractivity contribution is 0.135. The Bertz CT molecular complexity index is 348. The standard InChI is InChI=1S/C9H11N3O2/c10-12-11-8-4-2-1-3-7(8)9(14)5-6-13/h1-4,9,13-14H,5-6H2. The molecule has 0 amide bonds.